The Labute approximate surface area is 100 Å². The van der Waals surface area contributed by atoms with Crippen LogP contribution in [0.1, 0.15) is 39.2 Å². The Kier molecular flexibility index (Phi) is 5.31. The van der Waals surface area contributed by atoms with E-state index in [1.54, 1.807) is 0 Å². The van der Waals surface area contributed by atoms with Gasteiger partial charge in [0, 0.05) is 0 Å². The van der Waals surface area contributed by atoms with Gasteiger partial charge in [-0.1, -0.05) is 63.3 Å². The first-order valence-electron chi connectivity index (χ1n) is 6.33. The molecule has 0 N–H and O–H groups in total. The number of rotatable bonds is 6. The maximum absolute atomic E-state index is 4.21. The van der Waals surface area contributed by atoms with Crippen LogP contribution in [-0.4, -0.2) is 0 Å². The topological polar surface area (TPSA) is 0 Å². The molecule has 0 saturated carbocycles. The van der Waals surface area contributed by atoms with Crippen LogP contribution in [0.25, 0.3) is 0 Å². The van der Waals surface area contributed by atoms with E-state index in [1.165, 1.54) is 24.0 Å². The molecule has 0 bridgehead atoms. The molecule has 0 unspecified atom stereocenters. The van der Waals surface area contributed by atoms with Crippen molar-refractivity contribution in [3.8, 4) is 0 Å². The van der Waals surface area contributed by atoms with Crippen molar-refractivity contribution in [1.29, 1.82) is 0 Å². The van der Waals surface area contributed by atoms with Crippen LogP contribution in [0.2, 0.25) is 0 Å². The predicted octanol–water partition coefficient (Wildman–Crippen LogP) is 4.86. The second kappa shape index (κ2) is 6.52. The maximum Gasteiger partial charge on any atom is -0.0211 e. The molecule has 0 nitrogen and oxygen atoms in total. The van der Waals surface area contributed by atoms with E-state index in [0.29, 0.717) is 11.8 Å². The first-order valence-corrected chi connectivity index (χ1v) is 6.33. The number of hydrogen-bond donors (Lipinski definition) is 0. The maximum atomic E-state index is 4.21. The van der Waals surface area contributed by atoms with Crippen molar-refractivity contribution in [3.05, 3.63) is 48.0 Å². The van der Waals surface area contributed by atoms with E-state index >= 15 is 0 Å². The molecule has 0 fully saturated rings. The first kappa shape index (κ1) is 13.0. The molecule has 88 valence electrons. The molecule has 0 aliphatic carbocycles. The number of aryl methyl sites for hydroxylation is 1. The van der Waals surface area contributed by atoms with Gasteiger partial charge in [-0.05, 0) is 36.7 Å². The molecular formula is C16H24. The minimum absolute atomic E-state index is 0.649. The van der Waals surface area contributed by atoms with E-state index in [1.807, 2.05) is 0 Å². The standard InChI is InChI=1S/C16H24/c1-13(2)15(4)14(3)9-8-12-16-10-6-5-7-11-16/h5-7,10-11,13,15H,3,8-9,12H2,1-2,4H3/t15-/m0/s1. The van der Waals surface area contributed by atoms with E-state index in [2.05, 4.69) is 57.7 Å². The van der Waals surface area contributed by atoms with E-state index in [9.17, 15) is 0 Å². The second-order valence-corrected chi connectivity index (χ2v) is 5.03. The zero-order valence-corrected chi connectivity index (χ0v) is 10.9. The number of hydrogen-bond acceptors (Lipinski definition) is 0. The molecule has 0 aliphatic rings. The molecule has 0 saturated heterocycles. The molecule has 0 aliphatic heterocycles. The Morgan fingerprint density at radius 2 is 1.75 bits per heavy atom. The first-order chi connectivity index (χ1) is 7.61. The van der Waals surface area contributed by atoms with E-state index in [0.717, 1.165) is 6.42 Å². The summed E-state index contributed by atoms with van der Waals surface area (Å²) in [4.78, 5) is 0. The molecule has 0 radical (unpaired) electrons. The van der Waals surface area contributed by atoms with Crippen LogP contribution in [0, 0.1) is 11.8 Å². The quantitative estimate of drug-likeness (QED) is 0.596. The highest BCUT2D eigenvalue weighted by Gasteiger charge is 2.10. The summed E-state index contributed by atoms with van der Waals surface area (Å²) in [5.74, 6) is 1.36. The summed E-state index contributed by atoms with van der Waals surface area (Å²) >= 11 is 0. The highest BCUT2D eigenvalue weighted by Crippen LogP contribution is 2.22. The van der Waals surface area contributed by atoms with Crippen LogP contribution < -0.4 is 0 Å². The summed E-state index contributed by atoms with van der Waals surface area (Å²) in [6.45, 7) is 11.0. The minimum atomic E-state index is 0.649. The summed E-state index contributed by atoms with van der Waals surface area (Å²) in [6.07, 6.45) is 3.55. The molecule has 1 aromatic carbocycles. The molecule has 0 spiro atoms. The molecule has 16 heavy (non-hydrogen) atoms. The van der Waals surface area contributed by atoms with Crippen molar-refractivity contribution in [1.82, 2.24) is 0 Å². The molecule has 1 aromatic rings. The van der Waals surface area contributed by atoms with E-state index < -0.39 is 0 Å². The van der Waals surface area contributed by atoms with Gasteiger partial charge in [0.1, 0.15) is 0 Å². The van der Waals surface area contributed by atoms with Crippen molar-refractivity contribution in [2.24, 2.45) is 11.8 Å². The fourth-order valence-electron chi connectivity index (χ4n) is 1.86. The van der Waals surface area contributed by atoms with Crippen molar-refractivity contribution >= 4 is 0 Å². The summed E-state index contributed by atoms with van der Waals surface area (Å²) in [5.41, 5.74) is 2.85. The van der Waals surface area contributed by atoms with Crippen molar-refractivity contribution in [3.63, 3.8) is 0 Å². The number of allylic oxidation sites excluding steroid dienone is 1. The van der Waals surface area contributed by atoms with Crippen LogP contribution in [0.4, 0.5) is 0 Å². The Hall–Kier alpha value is -1.04. The van der Waals surface area contributed by atoms with Crippen molar-refractivity contribution in [2.75, 3.05) is 0 Å². The van der Waals surface area contributed by atoms with Crippen LogP contribution in [0.15, 0.2) is 42.5 Å². The molecular weight excluding hydrogens is 192 g/mol. The average Bonchev–Trinajstić information content (AvgIpc) is 2.29. The van der Waals surface area contributed by atoms with Gasteiger partial charge in [0.05, 0.1) is 0 Å². The van der Waals surface area contributed by atoms with Gasteiger partial charge in [-0.25, -0.2) is 0 Å². The Bertz CT molecular complexity index is 308. The smallest absolute Gasteiger partial charge is 0.0211 e. The van der Waals surface area contributed by atoms with Gasteiger partial charge in [0.2, 0.25) is 0 Å². The summed E-state index contributed by atoms with van der Waals surface area (Å²) in [7, 11) is 0. The lowest BCUT2D eigenvalue weighted by Gasteiger charge is -2.18. The van der Waals surface area contributed by atoms with Gasteiger partial charge in [0.25, 0.3) is 0 Å². The van der Waals surface area contributed by atoms with Crippen molar-refractivity contribution in [2.45, 2.75) is 40.0 Å². The van der Waals surface area contributed by atoms with Gasteiger partial charge < -0.3 is 0 Å². The summed E-state index contributed by atoms with van der Waals surface area (Å²) in [5, 5.41) is 0. The third-order valence-electron chi connectivity index (χ3n) is 3.45. The van der Waals surface area contributed by atoms with Crippen LogP contribution >= 0.6 is 0 Å². The molecule has 0 heteroatoms. The third kappa shape index (κ3) is 4.22. The van der Waals surface area contributed by atoms with Crippen LogP contribution in [0.5, 0.6) is 0 Å². The SMILES string of the molecule is C=C(CCCc1ccccc1)[C@@H](C)C(C)C. The van der Waals surface area contributed by atoms with Crippen LogP contribution in [0.3, 0.4) is 0 Å². The summed E-state index contributed by atoms with van der Waals surface area (Å²) < 4.78 is 0. The Balaban J connectivity index is 2.28. The minimum Gasteiger partial charge on any atom is -0.0996 e. The van der Waals surface area contributed by atoms with Gasteiger partial charge in [0.15, 0.2) is 0 Å². The van der Waals surface area contributed by atoms with E-state index in [4.69, 9.17) is 0 Å². The molecule has 0 aromatic heterocycles. The zero-order chi connectivity index (χ0) is 12.0. The summed E-state index contributed by atoms with van der Waals surface area (Å²) in [6, 6.07) is 10.7. The molecule has 0 heterocycles. The van der Waals surface area contributed by atoms with Gasteiger partial charge in [-0.2, -0.15) is 0 Å². The third-order valence-corrected chi connectivity index (χ3v) is 3.45. The van der Waals surface area contributed by atoms with Gasteiger partial charge >= 0.3 is 0 Å². The van der Waals surface area contributed by atoms with Crippen LogP contribution in [-0.2, 0) is 6.42 Å². The lowest BCUT2D eigenvalue weighted by atomic mass is 9.88. The van der Waals surface area contributed by atoms with Crippen molar-refractivity contribution < 1.29 is 0 Å². The molecule has 1 atom stereocenters. The largest absolute Gasteiger partial charge is 0.0996 e. The molecule has 0 amide bonds. The normalized spacial score (nSPS) is 12.8. The fourth-order valence-corrected chi connectivity index (χ4v) is 1.86. The van der Waals surface area contributed by atoms with E-state index in [-0.39, 0.29) is 0 Å². The monoisotopic (exact) mass is 216 g/mol. The highest BCUT2D eigenvalue weighted by molar-refractivity contribution is 5.15. The molecule has 1 rings (SSSR count). The highest BCUT2D eigenvalue weighted by atomic mass is 14.2. The number of benzene rings is 1. The average molecular weight is 216 g/mol. The second-order valence-electron chi connectivity index (χ2n) is 5.03. The fraction of sp³-hybridized carbons (Fsp3) is 0.500. The van der Waals surface area contributed by atoms with Gasteiger partial charge in [-0.3, -0.25) is 0 Å². The Morgan fingerprint density at radius 3 is 2.31 bits per heavy atom. The lowest BCUT2D eigenvalue weighted by Crippen LogP contribution is -2.06. The Morgan fingerprint density at radius 1 is 1.12 bits per heavy atom. The van der Waals surface area contributed by atoms with Gasteiger partial charge in [-0.15, -0.1) is 0 Å². The zero-order valence-electron chi connectivity index (χ0n) is 10.9. The predicted molar refractivity (Wildman–Crippen MR) is 72.5 cm³/mol. The lowest BCUT2D eigenvalue weighted by molar-refractivity contribution is 0.465.